The summed E-state index contributed by atoms with van der Waals surface area (Å²) in [6, 6.07) is 7.04. The standard InChI is InChI=1S/C14H13BrN2O3S/c15-10-3-1-2-9(6-10)13(19)16-5-4-11(7-16)17-12(18)8-21-14(17)20/h1-3,6,11H,4-5,7-8H2/t11-/m0/s1. The number of benzene rings is 1. The molecule has 0 unspecified atom stereocenters. The highest BCUT2D eigenvalue weighted by atomic mass is 79.9. The summed E-state index contributed by atoms with van der Waals surface area (Å²) in [5.74, 6) is 0.00634. The molecule has 1 atom stereocenters. The van der Waals surface area contributed by atoms with Crippen LogP contribution in [-0.4, -0.2) is 51.7 Å². The van der Waals surface area contributed by atoms with Crippen molar-refractivity contribution in [2.45, 2.75) is 12.5 Å². The predicted octanol–water partition coefficient (Wildman–Crippen LogP) is 2.36. The van der Waals surface area contributed by atoms with E-state index < -0.39 is 0 Å². The molecule has 5 nitrogen and oxygen atoms in total. The summed E-state index contributed by atoms with van der Waals surface area (Å²) in [5, 5.41) is -0.193. The Bertz CT molecular complexity index is 606. The Hall–Kier alpha value is -1.34. The van der Waals surface area contributed by atoms with Gasteiger partial charge in [0, 0.05) is 23.1 Å². The number of rotatable bonds is 2. The van der Waals surface area contributed by atoms with E-state index in [1.807, 2.05) is 12.1 Å². The van der Waals surface area contributed by atoms with Gasteiger partial charge < -0.3 is 4.90 Å². The lowest BCUT2D eigenvalue weighted by Crippen LogP contribution is -2.41. The first-order valence-electron chi connectivity index (χ1n) is 6.60. The normalized spacial score (nSPS) is 22.2. The van der Waals surface area contributed by atoms with Gasteiger partial charge in [0.15, 0.2) is 0 Å². The number of carbonyl (C=O) groups excluding carboxylic acids is 3. The van der Waals surface area contributed by atoms with Gasteiger partial charge in [0.1, 0.15) is 0 Å². The Morgan fingerprint density at radius 2 is 2.14 bits per heavy atom. The number of amides is 3. The maximum Gasteiger partial charge on any atom is 0.289 e. The fourth-order valence-corrected chi connectivity index (χ4v) is 3.83. The van der Waals surface area contributed by atoms with Crippen LogP contribution in [-0.2, 0) is 4.79 Å². The lowest BCUT2D eigenvalue weighted by atomic mass is 10.2. The van der Waals surface area contributed by atoms with E-state index in [4.69, 9.17) is 0 Å². The van der Waals surface area contributed by atoms with Crippen LogP contribution in [0.5, 0.6) is 0 Å². The summed E-state index contributed by atoms with van der Waals surface area (Å²) < 4.78 is 0.852. The van der Waals surface area contributed by atoms with Crippen molar-refractivity contribution in [3.8, 4) is 0 Å². The van der Waals surface area contributed by atoms with Gasteiger partial charge in [-0.25, -0.2) is 0 Å². The molecule has 0 spiro atoms. The predicted molar refractivity (Wildman–Crippen MR) is 83.2 cm³/mol. The van der Waals surface area contributed by atoms with E-state index in [1.165, 1.54) is 4.90 Å². The molecule has 1 aromatic rings. The molecule has 0 radical (unpaired) electrons. The quantitative estimate of drug-likeness (QED) is 0.803. The topological polar surface area (TPSA) is 57.7 Å². The third-order valence-electron chi connectivity index (χ3n) is 3.67. The Morgan fingerprint density at radius 1 is 1.33 bits per heavy atom. The van der Waals surface area contributed by atoms with Crippen LogP contribution < -0.4 is 0 Å². The zero-order chi connectivity index (χ0) is 15.0. The van der Waals surface area contributed by atoms with Crippen LogP contribution in [0.1, 0.15) is 16.8 Å². The molecule has 1 aromatic carbocycles. The van der Waals surface area contributed by atoms with Crippen LogP contribution in [0.3, 0.4) is 0 Å². The first-order valence-corrected chi connectivity index (χ1v) is 8.38. The van der Waals surface area contributed by atoms with Gasteiger partial charge in [0.05, 0.1) is 11.8 Å². The van der Waals surface area contributed by atoms with Gasteiger partial charge in [-0.3, -0.25) is 19.3 Å². The molecule has 0 N–H and O–H groups in total. The van der Waals surface area contributed by atoms with Crippen LogP contribution in [0, 0.1) is 0 Å². The molecular formula is C14H13BrN2O3S. The maximum atomic E-state index is 12.4. The monoisotopic (exact) mass is 368 g/mol. The van der Waals surface area contributed by atoms with Gasteiger partial charge in [0.25, 0.3) is 11.1 Å². The van der Waals surface area contributed by atoms with Crippen LogP contribution in [0.25, 0.3) is 0 Å². The first-order chi connectivity index (χ1) is 10.1. The van der Waals surface area contributed by atoms with E-state index in [1.54, 1.807) is 17.0 Å². The molecule has 2 aliphatic heterocycles. The molecule has 0 bridgehead atoms. The van der Waals surface area contributed by atoms with E-state index in [-0.39, 0.29) is 28.8 Å². The Labute approximate surface area is 134 Å². The first kappa shape index (κ1) is 14.6. The van der Waals surface area contributed by atoms with Gasteiger partial charge >= 0.3 is 0 Å². The van der Waals surface area contributed by atoms with Crippen LogP contribution >= 0.6 is 27.7 Å². The second-order valence-electron chi connectivity index (χ2n) is 5.02. The second-order valence-corrected chi connectivity index (χ2v) is 6.86. The number of hydrogen-bond donors (Lipinski definition) is 0. The molecular weight excluding hydrogens is 356 g/mol. The zero-order valence-electron chi connectivity index (χ0n) is 11.1. The molecule has 2 fully saturated rings. The summed E-state index contributed by atoms with van der Waals surface area (Å²) >= 11 is 4.39. The van der Waals surface area contributed by atoms with Crippen molar-refractivity contribution in [2.75, 3.05) is 18.8 Å². The molecule has 3 amide bonds. The number of likely N-dealkylation sites (tertiary alicyclic amines) is 1. The van der Waals surface area contributed by atoms with E-state index in [2.05, 4.69) is 15.9 Å². The summed E-state index contributed by atoms with van der Waals surface area (Å²) in [7, 11) is 0. The molecule has 7 heteroatoms. The molecule has 0 saturated carbocycles. The minimum Gasteiger partial charge on any atom is -0.336 e. The SMILES string of the molecule is O=C(c1cccc(Br)c1)N1CC[C@H](N2C(=O)CSC2=O)C1. The lowest BCUT2D eigenvalue weighted by Gasteiger charge is -2.22. The van der Waals surface area contributed by atoms with Crippen LogP contribution in [0.2, 0.25) is 0 Å². The van der Waals surface area contributed by atoms with Crippen LogP contribution in [0.15, 0.2) is 28.7 Å². The largest absolute Gasteiger partial charge is 0.336 e. The van der Waals surface area contributed by atoms with Crippen molar-refractivity contribution >= 4 is 44.7 Å². The third kappa shape index (κ3) is 2.85. The van der Waals surface area contributed by atoms with Crippen molar-refractivity contribution in [1.82, 2.24) is 9.80 Å². The average Bonchev–Trinajstić information content (AvgIpc) is 3.05. The Kier molecular flexibility index (Phi) is 4.03. The number of nitrogens with zero attached hydrogens (tertiary/aromatic N) is 2. The van der Waals surface area contributed by atoms with E-state index >= 15 is 0 Å². The second kappa shape index (κ2) is 5.81. The van der Waals surface area contributed by atoms with Crippen molar-refractivity contribution in [3.05, 3.63) is 34.3 Å². The minimum absolute atomic E-state index is 0.0643. The number of hydrogen-bond acceptors (Lipinski definition) is 4. The van der Waals surface area contributed by atoms with Crippen molar-refractivity contribution in [3.63, 3.8) is 0 Å². The van der Waals surface area contributed by atoms with Gasteiger partial charge in [-0.05, 0) is 24.6 Å². The Balaban J connectivity index is 1.71. The molecule has 0 aromatic heterocycles. The molecule has 2 saturated heterocycles. The third-order valence-corrected chi connectivity index (χ3v) is 5.00. The highest BCUT2D eigenvalue weighted by Gasteiger charge is 2.40. The molecule has 21 heavy (non-hydrogen) atoms. The summed E-state index contributed by atoms with van der Waals surface area (Å²) in [4.78, 5) is 38.9. The van der Waals surface area contributed by atoms with Gasteiger partial charge in [-0.1, -0.05) is 33.8 Å². The zero-order valence-corrected chi connectivity index (χ0v) is 13.5. The number of thioether (sulfide) groups is 1. The number of halogens is 1. The van der Waals surface area contributed by atoms with E-state index in [0.717, 1.165) is 16.2 Å². The van der Waals surface area contributed by atoms with E-state index in [0.29, 0.717) is 25.1 Å². The molecule has 110 valence electrons. The molecule has 0 aliphatic carbocycles. The number of imide groups is 1. The average molecular weight is 369 g/mol. The maximum absolute atomic E-state index is 12.4. The van der Waals surface area contributed by atoms with Crippen molar-refractivity contribution < 1.29 is 14.4 Å². The van der Waals surface area contributed by atoms with Gasteiger partial charge in [0.2, 0.25) is 5.91 Å². The highest BCUT2D eigenvalue weighted by Crippen LogP contribution is 2.27. The van der Waals surface area contributed by atoms with Crippen molar-refractivity contribution in [1.29, 1.82) is 0 Å². The fourth-order valence-electron chi connectivity index (χ4n) is 2.66. The lowest BCUT2D eigenvalue weighted by molar-refractivity contribution is -0.126. The molecule has 2 aliphatic rings. The fraction of sp³-hybridized carbons (Fsp3) is 0.357. The summed E-state index contributed by atoms with van der Waals surface area (Å²) in [6.07, 6.45) is 0.651. The van der Waals surface area contributed by atoms with E-state index in [9.17, 15) is 14.4 Å². The summed E-state index contributed by atoms with van der Waals surface area (Å²) in [6.45, 7) is 0.987. The minimum atomic E-state index is -0.193. The molecule has 3 rings (SSSR count). The highest BCUT2D eigenvalue weighted by molar-refractivity contribution is 9.10. The molecule has 2 heterocycles. The summed E-state index contributed by atoms with van der Waals surface area (Å²) in [5.41, 5.74) is 0.610. The van der Waals surface area contributed by atoms with Crippen LogP contribution in [0.4, 0.5) is 4.79 Å². The Morgan fingerprint density at radius 3 is 2.81 bits per heavy atom. The smallest absolute Gasteiger partial charge is 0.289 e. The van der Waals surface area contributed by atoms with Gasteiger partial charge in [-0.2, -0.15) is 0 Å². The van der Waals surface area contributed by atoms with Gasteiger partial charge in [-0.15, -0.1) is 0 Å². The number of carbonyl (C=O) groups is 3. The van der Waals surface area contributed by atoms with Crippen molar-refractivity contribution in [2.24, 2.45) is 0 Å².